The van der Waals surface area contributed by atoms with Crippen molar-refractivity contribution < 1.29 is 17.6 Å². The normalized spacial score (nSPS) is 15.6. The summed E-state index contributed by atoms with van der Waals surface area (Å²) in [7, 11) is -3.60. The molecular weight excluding hydrogens is 355 g/mol. The minimum absolute atomic E-state index is 0.114. The Hall–Kier alpha value is -2.25. The third-order valence-electron chi connectivity index (χ3n) is 4.49. The molecule has 2 aromatic rings. The zero-order valence-electron chi connectivity index (χ0n) is 14.5. The van der Waals surface area contributed by atoms with Gasteiger partial charge in [-0.15, -0.1) is 0 Å². The molecule has 0 aliphatic carbocycles. The number of carbonyl (C=O) groups excluding carboxylic acids is 1. The molecule has 3 rings (SSSR count). The van der Waals surface area contributed by atoms with Crippen LogP contribution in [0.4, 0.5) is 10.1 Å². The number of halogens is 1. The molecule has 1 aliphatic rings. The lowest BCUT2D eigenvalue weighted by Gasteiger charge is -2.26. The first-order chi connectivity index (χ1) is 12.4. The van der Waals surface area contributed by atoms with Crippen molar-refractivity contribution in [2.45, 2.75) is 31.1 Å². The Morgan fingerprint density at radius 3 is 2.50 bits per heavy atom. The van der Waals surface area contributed by atoms with Crippen LogP contribution in [0.3, 0.4) is 0 Å². The average molecular weight is 376 g/mol. The van der Waals surface area contributed by atoms with Crippen molar-refractivity contribution >= 4 is 21.6 Å². The van der Waals surface area contributed by atoms with E-state index in [-0.39, 0.29) is 16.3 Å². The first kappa shape index (κ1) is 18.5. The second-order valence-electron chi connectivity index (χ2n) is 6.41. The highest BCUT2D eigenvalue weighted by molar-refractivity contribution is 7.89. The molecule has 0 spiro atoms. The molecule has 2 aromatic carbocycles. The van der Waals surface area contributed by atoms with Gasteiger partial charge in [0.05, 0.1) is 4.90 Å². The fraction of sp³-hybridized carbons (Fsp3) is 0.316. The SMILES string of the molecule is Cc1cc(F)ccc1NC(=O)c1cccc(S(=O)(=O)N2CCCCC2)c1. The van der Waals surface area contributed by atoms with Crippen molar-refractivity contribution in [3.63, 3.8) is 0 Å². The van der Waals surface area contributed by atoms with E-state index in [4.69, 9.17) is 0 Å². The Kier molecular flexibility index (Phi) is 5.38. The van der Waals surface area contributed by atoms with E-state index >= 15 is 0 Å². The van der Waals surface area contributed by atoms with E-state index < -0.39 is 15.9 Å². The molecule has 0 radical (unpaired) electrons. The smallest absolute Gasteiger partial charge is 0.255 e. The minimum Gasteiger partial charge on any atom is -0.322 e. The summed E-state index contributed by atoms with van der Waals surface area (Å²) in [6.45, 7) is 2.71. The minimum atomic E-state index is -3.60. The van der Waals surface area contributed by atoms with Crippen LogP contribution in [-0.4, -0.2) is 31.7 Å². The summed E-state index contributed by atoms with van der Waals surface area (Å²) in [5.74, 6) is -0.814. The Morgan fingerprint density at radius 2 is 1.81 bits per heavy atom. The van der Waals surface area contributed by atoms with Gasteiger partial charge in [-0.05, 0) is 61.7 Å². The van der Waals surface area contributed by atoms with Gasteiger partial charge in [0.2, 0.25) is 10.0 Å². The van der Waals surface area contributed by atoms with Crippen LogP contribution in [0, 0.1) is 12.7 Å². The number of nitrogens with zero attached hydrogens (tertiary/aromatic N) is 1. The fourth-order valence-electron chi connectivity index (χ4n) is 3.01. The summed E-state index contributed by atoms with van der Waals surface area (Å²) in [6, 6.07) is 10.1. The third-order valence-corrected chi connectivity index (χ3v) is 6.38. The number of anilines is 1. The maximum Gasteiger partial charge on any atom is 0.255 e. The zero-order valence-corrected chi connectivity index (χ0v) is 15.4. The largest absolute Gasteiger partial charge is 0.322 e. The maximum atomic E-state index is 13.2. The molecule has 1 fully saturated rings. The molecule has 0 unspecified atom stereocenters. The number of rotatable bonds is 4. The number of carbonyl (C=O) groups is 1. The molecule has 1 aliphatic heterocycles. The van der Waals surface area contributed by atoms with E-state index in [0.29, 0.717) is 24.3 Å². The third kappa shape index (κ3) is 3.94. The first-order valence-corrected chi connectivity index (χ1v) is 10.00. The van der Waals surface area contributed by atoms with Gasteiger partial charge in [-0.3, -0.25) is 4.79 Å². The van der Waals surface area contributed by atoms with Crippen LogP contribution in [0.2, 0.25) is 0 Å². The van der Waals surface area contributed by atoms with Gasteiger partial charge >= 0.3 is 0 Å². The Bertz CT molecular complexity index is 922. The van der Waals surface area contributed by atoms with Gasteiger partial charge in [-0.1, -0.05) is 12.5 Å². The van der Waals surface area contributed by atoms with Crippen LogP contribution in [0.5, 0.6) is 0 Å². The maximum absolute atomic E-state index is 13.2. The van der Waals surface area contributed by atoms with Crippen LogP contribution in [0.1, 0.15) is 35.2 Å². The highest BCUT2D eigenvalue weighted by atomic mass is 32.2. The van der Waals surface area contributed by atoms with E-state index in [0.717, 1.165) is 19.3 Å². The van der Waals surface area contributed by atoms with Crippen molar-refractivity contribution in [2.24, 2.45) is 0 Å². The van der Waals surface area contributed by atoms with E-state index in [9.17, 15) is 17.6 Å². The first-order valence-electron chi connectivity index (χ1n) is 8.55. The second kappa shape index (κ2) is 7.55. The topological polar surface area (TPSA) is 66.5 Å². The number of hydrogen-bond donors (Lipinski definition) is 1. The molecule has 7 heteroatoms. The van der Waals surface area contributed by atoms with E-state index in [1.807, 2.05) is 0 Å². The molecule has 5 nitrogen and oxygen atoms in total. The fourth-order valence-corrected chi connectivity index (χ4v) is 4.58. The number of benzene rings is 2. The van der Waals surface area contributed by atoms with E-state index in [1.165, 1.54) is 34.6 Å². The molecular formula is C19H21FN2O3S. The Morgan fingerprint density at radius 1 is 1.08 bits per heavy atom. The van der Waals surface area contributed by atoms with Crippen molar-refractivity contribution in [3.8, 4) is 0 Å². The molecule has 1 saturated heterocycles. The van der Waals surface area contributed by atoms with Gasteiger partial charge in [0, 0.05) is 24.3 Å². The number of piperidine rings is 1. The lowest BCUT2D eigenvalue weighted by molar-refractivity contribution is 0.102. The molecule has 1 N–H and O–H groups in total. The van der Waals surface area contributed by atoms with Gasteiger partial charge in [0.15, 0.2) is 0 Å². The molecule has 138 valence electrons. The summed E-state index contributed by atoms with van der Waals surface area (Å²) in [5.41, 5.74) is 1.32. The van der Waals surface area contributed by atoms with Crippen molar-refractivity contribution in [3.05, 3.63) is 59.4 Å². The second-order valence-corrected chi connectivity index (χ2v) is 8.34. The number of aryl methyl sites for hydroxylation is 1. The lowest BCUT2D eigenvalue weighted by Crippen LogP contribution is -2.35. The highest BCUT2D eigenvalue weighted by Gasteiger charge is 2.26. The molecule has 0 atom stereocenters. The molecule has 1 amide bonds. The van der Waals surface area contributed by atoms with Crippen LogP contribution in [0.15, 0.2) is 47.4 Å². The van der Waals surface area contributed by atoms with E-state index in [1.54, 1.807) is 19.1 Å². The van der Waals surface area contributed by atoms with Crippen molar-refractivity contribution in [1.82, 2.24) is 4.31 Å². The molecule has 0 bridgehead atoms. The quantitative estimate of drug-likeness (QED) is 0.887. The number of hydrogen-bond acceptors (Lipinski definition) is 3. The lowest BCUT2D eigenvalue weighted by atomic mass is 10.1. The molecule has 0 aromatic heterocycles. The highest BCUT2D eigenvalue weighted by Crippen LogP contribution is 2.22. The Balaban J connectivity index is 1.83. The summed E-state index contributed by atoms with van der Waals surface area (Å²) >= 11 is 0. The van der Waals surface area contributed by atoms with Crippen molar-refractivity contribution in [2.75, 3.05) is 18.4 Å². The number of sulfonamides is 1. The number of nitrogens with one attached hydrogen (secondary N) is 1. The van der Waals surface area contributed by atoms with Crippen LogP contribution in [0.25, 0.3) is 0 Å². The van der Waals surface area contributed by atoms with Crippen LogP contribution < -0.4 is 5.32 Å². The predicted octanol–water partition coefficient (Wildman–Crippen LogP) is 3.56. The van der Waals surface area contributed by atoms with Gasteiger partial charge in [0.1, 0.15) is 5.82 Å². The Labute approximate surface area is 152 Å². The molecule has 0 saturated carbocycles. The summed E-state index contributed by atoms with van der Waals surface area (Å²) < 4.78 is 40.2. The van der Waals surface area contributed by atoms with Gasteiger partial charge in [-0.25, -0.2) is 12.8 Å². The predicted molar refractivity (Wildman–Crippen MR) is 98.1 cm³/mol. The number of amides is 1. The summed E-state index contributed by atoms with van der Waals surface area (Å²) in [4.78, 5) is 12.6. The van der Waals surface area contributed by atoms with Crippen molar-refractivity contribution in [1.29, 1.82) is 0 Å². The molecule has 26 heavy (non-hydrogen) atoms. The zero-order chi connectivity index (χ0) is 18.7. The van der Waals surface area contributed by atoms with Crippen LogP contribution in [-0.2, 0) is 10.0 Å². The summed E-state index contributed by atoms with van der Waals surface area (Å²) in [5, 5.41) is 2.70. The van der Waals surface area contributed by atoms with Gasteiger partial charge in [0.25, 0.3) is 5.91 Å². The monoisotopic (exact) mass is 376 g/mol. The van der Waals surface area contributed by atoms with E-state index in [2.05, 4.69) is 5.32 Å². The van der Waals surface area contributed by atoms with Gasteiger partial charge in [-0.2, -0.15) is 4.31 Å². The van der Waals surface area contributed by atoms with Crippen LogP contribution >= 0.6 is 0 Å². The average Bonchev–Trinajstić information content (AvgIpc) is 2.65. The standard InChI is InChI=1S/C19H21FN2O3S/c1-14-12-16(20)8-9-18(14)21-19(23)15-6-5-7-17(13-15)26(24,25)22-10-3-2-4-11-22/h5-9,12-13H,2-4,10-11H2,1H3,(H,21,23). The summed E-state index contributed by atoms with van der Waals surface area (Å²) in [6.07, 6.45) is 2.73. The van der Waals surface area contributed by atoms with Gasteiger partial charge < -0.3 is 5.32 Å². The molecule has 1 heterocycles.